The van der Waals surface area contributed by atoms with Crippen LogP contribution in [0.3, 0.4) is 0 Å². The van der Waals surface area contributed by atoms with Gasteiger partial charge < -0.3 is 0 Å². The molecular weight excluding hydrogens is 252 g/mol. The van der Waals surface area contributed by atoms with Gasteiger partial charge in [0.1, 0.15) is 0 Å². The molecular formula is C17H14OS. The van der Waals surface area contributed by atoms with Crippen molar-refractivity contribution in [3.63, 3.8) is 0 Å². The number of benzene rings is 2. The molecule has 0 aliphatic heterocycles. The first-order valence-electron chi connectivity index (χ1n) is 6.29. The van der Waals surface area contributed by atoms with E-state index in [0.29, 0.717) is 6.42 Å². The molecule has 0 N–H and O–H groups in total. The van der Waals surface area contributed by atoms with E-state index in [1.165, 1.54) is 5.56 Å². The van der Waals surface area contributed by atoms with E-state index < -0.39 is 0 Å². The van der Waals surface area contributed by atoms with Crippen molar-refractivity contribution in [1.29, 1.82) is 0 Å². The van der Waals surface area contributed by atoms with Crippen molar-refractivity contribution in [3.05, 3.63) is 70.6 Å². The van der Waals surface area contributed by atoms with E-state index in [-0.39, 0.29) is 5.78 Å². The molecule has 19 heavy (non-hydrogen) atoms. The molecule has 94 valence electrons. The summed E-state index contributed by atoms with van der Waals surface area (Å²) in [4.78, 5) is 12.5. The lowest BCUT2D eigenvalue weighted by Gasteiger charge is -2.05. The Balaban J connectivity index is 1.97. The van der Waals surface area contributed by atoms with Crippen LogP contribution in [0.4, 0.5) is 0 Å². The second-order valence-electron chi connectivity index (χ2n) is 4.67. The Hall–Kier alpha value is -1.93. The fraction of sp³-hybridized carbons (Fsp3) is 0.118. The monoisotopic (exact) mass is 266 g/mol. The smallest absolute Gasteiger partial charge is 0.168 e. The Morgan fingerprint density at radius 2 is 1.89 bits per heavy atom. The van der Waals surface area contributed by atoms with Gasteiger partial charge in [-0.25, -0.2) is 0 Å². The largest absolute Gasteiger partial charge is 0.294 e. The van der Waals surface area contributed by atoms with Gasteiger partial charge in [0, 0.05) is 16.7 Å². The summed E-state index contributed by atoms with van der Waals surface area (Å²) in [6.45, 7) is 2.05. The highest BCUT2D eigenvalue weighted by atomic mass is 32.1. The number of hydrogen-bond acceptors (Lipinski definition) is 2. The number of ketones is 1. The average molecular weight is 266 g/mol. The summed E-state index contributed by atoms with van der Waals surface area (Å²) in [7, 11) is 0. The van der Waals surface area contributed by atoms with Gasteiger partial charge in [0.15, 0.2) is 5.78 Å². The zero-order chi connectivity index (χ0) is 13.2. The highest BCUT2D eigenvalue weighted by Gasteiger charge is 2.12. The summed E-state index contributed by atoms with van der Waals surface area (Å²) in [6, 6.07) is 16.1. The van der Waals surface area contributed by atoms with Crippen LogP contribution in [0.2, 0.25) is 0 Å². The van der Waals surface area contributed by atoms with Crippen LogP contribution in [0, 0.1) is 6.92 Å². The number of fused-ring (bicyclic) bond motifs is 1. The van der Waals surface area contributed by atoms with E-state index in [1.807, 2.05) is 48.7 Å². The Bertz CT molecular complexity index is 740. The molecule has 0 bridgehead atoms. The maximum absolute atomic E-state index is 12.5. The molecule has 0 saturated heterocycles. The maximum atomic E-state index is 12.5. The van der Waals surface area contributed by atoms with E-state index >= 15 is 0 Å². The summed E-state index contributed by atoms with van der Waals surface area (Å²) in [6.07, 6.45) is 0.476. The van der Waals surface area contributed by atoms with Crippen LogP contribution in [0.25, 0.3) is 10.1 Å². The van der Waals surface area contributed by atoms with Crippen LogP contribution >= 0.6 is 11.3 Å². The lowest BCUT2D eigenvalue weighted by Crippen LogP contribution is -2.04. The van der Waals surface area contributed by atoms with E-state index in [0.717, 1.165) is 21.2 Å². The third kappa shape index (κ3) is 2.32. The van der Waals surface area contributed by atoms with Crippen LogP contribution in [0.5, 0.6) is 0 Å². The molecule has 1 nitrogen and oxygen atoms in total. The van der Waals surface area contributed by atoms with Gasteiger partial charge in [0.25, 0.3) is 0 Å². The molecule has 0 radical (unpaired) electrons. The second kappa shape index (κ2) is 4.98. The zero-order valence-corrected chi connectivity index (χ0v) is 11.5. The zero-order valence-electron chi connectivity index (χ0n) is 10.7. The fourth-order valence-electron chi connectivity index (χ4n) is 2.29. The van der Waals surface area contributed by atoms with Gasteiger partial charge in [-0.15, -0.1) is 11.3 Å². The SMILES string of the molecule is Cc1ccccc1CC(=O)c1cccc2ccsc12. The molecule has 2 aromatic carbocycles. The van der Waals surface area contributed by atoms with Gasteiger partial charge in [0.2, 0.25) is 0 Å². The number of aryl methyl sites for hydroxylation is 1. The molecule has 0 spiro atoms. The summed E-state index contributed by atoms with van der Waals surface area (Å²) < 4.78 is 1.10. The number of carbonyl (C=O) groups is 1. The highest BCUT2D eigenvalue weighted by Crippen LogP contribution is 2.26. The third-order valence-electron chi connectivity index (χ3n) is 3.39. The molecule has 0 amide bonds. The molecule has 0 saturated carbocycles. The van der Waals surface area contributed by atoms with E-state index in [4.69, 9.17) is 0 Å². The topological polar surface area (TPSA) is 17.1 Å². The van der Waals surface area contributed by atoms with Crippen LogP contribution in [-0.4, -0.2) is 5.78 Å². The number of Topliss-reactive ketones (excluding diaryl/α,β-unsaturated/α-hetero) is 1. The maximum Gasteiger partial charge on any atom is 0.168 e. The molecule has 1 aromatic heterocycles. The van der Waals surface area contributed by atoms with Gasteiger partial charge >= 0.3 is 0 Å². The van der Waals surface area contributed by atoms with E-state index in [1.54, 1.807) is 11.3 Å². The van der Waals surface area contributed by atoms with Gasteiger partial charge in [-0.3, -0.25) is 4.79 Å². The number of carbonyl (C=O) groups excluding carboxylic acids is 1. The number of rotatable bonds is 3. The molecule has 3 aromatic rings. The second-order valence-corrected chi connectivity index (χ2v) is 5.59. The van der Waals surface area contributed by atoms with E-state index in [2.05, 4.69) is 12.1 Å². The fourth-order valence-corrected chi connectivity index (χ4v) is 3.22. The lowest BCUT2D eigenvalue weighted by molar-refractivity contribution is 0.0994. The molecule has 0 fully saturated rings. The quantitative estimate of drug-likeness (QED) is 0.631. The van der Waals surface area contributed by atoms with Crippen molar-refractivity contribution in [3.8, 4) is 0 Å². The molecule has 1 heterocycles. The van der Waals surface area contributed by atoms with Crippen molar-refractivity contribution >= 4 is 27.2 Å². The molecule has 0 unspecified atom stereocenters. The van der Waals surface area contributed by atoms with Gasteiger partial charge in [-0.1, -0.05) is 36.4 Å². The minimum absolute atomic E-state index is 0.197. The van der Waals surface area contributed by atoms with Crippen molar-refractivity contribution in [2.45, 2.75) is 13.3 Å². The molecule has 0 aliphatic carbocycles. The van der Waals surface area contributed by atoms with Crippen molar-refractivity contribution in [2.75, 3.05) is 0 Å². The van der Waals surface area contributed by atoms with Gasteiger partial charge in [0.05, 0.1) is 0 Å². The first-order chi connectivity index (χ1) is 9.25. The Morgan fingerprint density at radius 1 is 1.05 bits per heavy atom. The minimum atomic E-state index is 0.197. The molecule has 0 aliphatic rings. The first-order valence-corrected chi connectivity index (χ1v) is 7.17. The normalized spacial score (nSPS) is 10.8. The van der Waals surface area contributed by atoms with Crippen LogP contribution in [-0.2, 0) is 6.42 Å². The molecule has 2 heteroatoms. The summed E-state index contributed by atoms with van der Waals surface area (Å²) in [5.74, 6) is 0.197. The average Bonchev–Trinajstić information content (AvgIpc) is 2.89. The molecule has 0 atom stereocenters. The predicted molar refractivity (Wildman–Crippen MR) is 81.0 cm³/mol. The van der Waals surface area contributed by atoms with Crippen molar-refractivity contribution in [2.24, 2.45) is 0 Å². The number of thiophene rings is 1. The first kappa shape index (κ1) is 12.1. The standard InChI is InChI=1S/C17H14OS/c1-12-5-2-3-6-14(12)11-16(18)15-8-4-7-13-9-10-19-17(13)15/h2-10H,11H2,1H3. The summed E-state index contributed by atoms with van der Waals surface area (Å²) >= 11 is 1.64. The van der Waals surface area contributed by atoms with Crippen LogP contribution in [0.15, 0.2) is 53.9 Å². The predicted octanol–water partition coefficient (Wildman–Crippen LogP) is 4.64. The third-order valence-corrected chi connectivity index (χ3v) is 4.36. The van der Waals surface area contributed by atoms with Crippen LogP contribution < -0.4 is 0 Å². The Kier molecular flexibility index (Phi) is 3.18. The van der Waals surface area contributed by atoms with E-state index in [9.17, 15) is 4.79 Å². The molecule has 3 rings (SSSR count). The minimum Gasteiger partial charge on any atom is -0.294 e. The van der Waals surface area contributed by atoms with Gasteiger partial charge in [-0.05, 0) is 40.9 Å². The van der Waals surface area contributed by atoms with Gasteiger partial charge in [-0.2, -0.15) is 0 Å². The highest BCUT2D eigenvalue weighted by molar-refractivity contribution is 7.17. The lowest BCUT2D eigenvalue weighted by atomic mass is 9.99. The van der Waals surface area contributed by atoms with Crippen molar-refractivity contribution in [1.82, 2.24) is 0 Å². The Morgan fingerprint density at radius 3 is 2.74 bits per heavy atom. The summed E-state index contributed by atoms with van der Waals surface area (Å²) in [5.41, 5.74) is 3.13. The Labute approximate surface area is 116 Å². The van der Waals surface area contributed by atoms with Crippen molar-refractivity contribution < 1.29 is 4.79 Å². The van der Waals surface area contributed by atoms with Crippen LogP contribution in [0.1, 0.15) is 21.5 Å². The summed E-state index contributed by atoms with van der Waals surface area (Å²) in [5, 5.41) is 3.19. The number of hydrogen-bond donors (Lipinski definition) is 0.